The lowest BCUT2D eigenvalue weighted by Crippen LogP contribution is -2.40. The molecule has 3 aliphatic heterocycles. The fraction of sp³-hybridized carbons (Fsp3) is 0.320. The van der Waals surface area contributed by atoms with Crippen LogP contribution in [-0.2, 0) is 99.0 Å². The lowest BCUT2D eigenvalue weighted by Gasteiger charge is -2.43. The van der Waals surface area contributed by atoms with Gasteiger partial charge >= 0.3 is 89.5 Å². The molecule has 0 spiro atoms. The standard InChI is InChI=1S/C75H68O33/c1-30(76)91-47-22-54(94-33(4)79)50-26-65(104-43(14)89)72(106-55(50)23-47)49-25-60(99-38(9)84)59(98-37(8)83)24-48(49)66-61(100-39(10)85)29-63(102-41(12)87)68-69(75(105-44(15)90)71(108-74(66)68)46-17-19-53(93-32(3)78)58(21-46)97-36(7)82)67-62(101-40(11)86)28-56(95-34(5)80)51-27-64(103-42(13)88)70(107-73(51)67)45-16-18-52(92-31(2)77)57(20-45)96-35(6)81/h16-25,28-29,64-65,69-72,75H,26-27H2,1-15H3. The molecule has 6 aromatic carbocycles. The largest absolute Gasteiger partial charge is 0.481 e. The molecule has 0 bridgehead atoms. The van der Waals surface area contributed by atoms with Gasteiger partial charge in [-0.15, -0.1) is 0 Å². The molecule has 33 nitrogen and oxygen atoms in total. The Bertz CT molecular complexity index is 4810. The SMILES string of the molecule is CC(=O)Oc1cc(OC(C)=O)c2c(c1)OC(c1cc(OC(C)=O)c(OC(C)=O)cc1-c1c(OC(C)=O)cc(OC(C)=O)c3c1OC(c1ccc(OC(C)=O)c(OC(C)=O)c1)C(OC(C)=O)C3c1c(OC(C)=O)cc(OC(C)=O)c3c1OC(c1ccc(OC(C)=O)c(OC(C)=O)c1)C(OC(C)=O)C3)C(OC(C)=O)C2. The van der Waals surface area contributed by atoms with Crippen molar-refractivity contribution in [1.29, 1.82) is 0 Å². The summed E-state index contributed by atoms with van der Waals surface area (Å²) >= 11 is 0. The van der Waals surface area contributed by atoms with Gasteiger partial charge in [0.15, 0.2) is 58.9 Å². The molecule has 9 rings (SSSR count). The van der Waals surface area contributed by atoms with Crippen LogP contribution in [0.25, 0.3) is 11.1 Å². The Balaban J connectivity index is 1.55. The Labute approximate surface area is 612 Å². The maximum absolute atomic E-state index is 14.4. The van der Waals surface area contributed by atoms with Crippen molar-refractivity contribution in [3.63, 3.8) is 0 Å². The molecule has 3 heterocycles. The third-order valence-electron chi connectivity index (χ3n) is 15.5. The average Bonchev–Trinajstić information content (AvgIpc) is 0.709. The van der Waals surface area contributed by atoms with Crippen LogP contribution in [0, 0.1) is 0 Å². The molecule has 6 aromatic rings. The molecule has 0 aliphatic carbocycles. The molecule has 0 fully saturated rings. The molecule has 0 saturated carbocycles. The number of carbonyl (C=O) groups excluding carboxylic acids is 15. The lowest BCUT2D eigenvalue weighted by atomic mass is 9.75. The molecule has 566 valence electrons. The van der Waals surface area contributed by atoms with Crippen LogP contribution in [0.15, 0.2) is 72.8 Å². The van der Waals surface area contributed by atoms with Crippen molar-refractivity contribution >= 4 is 89.5 Å². The Morgan fingerprint density at radius 3 is 1.12 bits per heavy atom. The van der Waals surface area contributed by atoms with Crippen molar-refractivity contribution in [2.75, 3.05) is 0 Å². The first-order chi connectivity index (χ1) is 50.8. The average molecular weight is 1500 g/mol. The quantitative estimate of drug-likeness (QED) is 0.0391. The zero-order valence-electron chi connectivity index (χ0n) is 60.4. The molecular formula is C75H68O33. The molecule has 7 unspecified atom stereocenters. The van der Waals surface area contributed by atoms with Gasteiger partial charge in [0, 0.05) is 185 Å². The van der Waals surface area contributed by atoms with Gasteiger partial charge in [-0.1, -0.05) is 12.1 Å². The van der Waals surface area contributed by atoms with Crippen molar-refractivity contribution in [2.45, 2.75) is 159 Å². The highest BCUT2D eigenvalue weighted by atomic mass is 16.6. The molecule has 7 atom stereocenters. The molecular weight excluding hydrogens is 1430 g/mol. The molecule has 0 radical (unpaired) electrons. The van der Waals surface area contributed by atoms with Gasteiger partial charge in [-0.2, -0.15) is 0 Å². The van der Waals surface area contributed by atoms with Gasteiger partial charge in [0.2, 0.25) is 0 Å². The van der Waals surface area contributed by atoms with Gasteiger partial charge < -0.3 is 85.3 Å². The van der Waals surface area contributed by atoms with Gasteiger partial charge in [0.25, 0.3) is 0 Å². The predicted octanol–water partition coefficient (Wildman–Crippen LogP) is 8.87. The zero-order chi connectivity index (χ0) is 79.2. The van der Waals surface area contributed by atoms with E-state index in [1.807, 2.05) is 0 Å². The number of fused-ring (bicyclic) bond motifs is 3. The minimum absolute atomic E-state index is 0.0170. The number of benzene rings is 6. The second-order valence-electron chi connectivity index (χ2n) is 24.3. The predicted molar refractivity (Wildman–Crippen MR) is 359 cm³/mol. The van der Waals surface area contributed by atoms with E-state index in [0.29, 0.717) is 0 Å². The first-order valence-electron chi connectivity index (χ1n) is 32.6. The van der Waals surface area contributed by atoms with E-state index in [1.54, 1.807) is 0 Å². The summed E-state index contributed by atoms with van der Waals surface area (Å²) in [6.45, 7) is 15.2. The molecule has 0 N–H and O–H groups in total. The van der Waals surface area contributed by atoms with Crippen molar-refractivity contribution < 1.29 is 157 Å². The highest BCUT2D eigenvalue weighted by Crippen LogP contribution is 2.63. The third kappa shape index (κ3) is 18.6. The smallest absolute Gasteiger partial charge is 0.308 e. The van der Waals surface area contributed by atoms with E-state index in [0.717, 1.165) is 140 Å². The molecule has 0 saturated heterocycles. The number of rotatable bonds is 20. The first-order valence-corrected chi connectivity index (χ1v) is 32.6. The van der Waals surface area contributed by atoms with Gasteiger partial charge in [0.1, 0.15) is 64.0 Å². The second-order valence-corrected chi connectivity index (χ2v) is 24.3. The van der Waals surface area contributed by atoms with E-state index >= 15 is 0 Å². The Hall–Kier alpha value is -13.2. The molecule has 0 amide bonds. The molecule has 108 heavy (non-hydrogen) atoms. The number of esters is 15. The first kappa shape index (κ1) is 78.9. The number of ether oxygens (including phenoxy) is 18. The Kier molecular flexibility index (Phi) is 24.0. The summed E-state index contributed by atoms with van der Waals surface area (Å²) in [5, 5.41) is 0. The fourth-order valence-corrected chi connectivity index (χ4v) is 12.4. The van der Waals surface area contributed by atoms with Crippen LogP contribution in [-0.4, -0.2) is 108 Å². The molecule has 0 aromatic heterocycles. The topological polar surface area (TPSA) is 422 Å². The van der Waals surface area contributed by atoms with E-state index in [2.05, 4.69) is 0 Å². The van der Waals surface area contributed by atoms with Crippen LogP contribution < -0.4 is 71.1 Å². The number of carbonyl (C=O) groups is 15. The summed E-state index contributed by atoms with van der Waals surface area (Å²) in [5.74, 6) is -23.7. The number of hydrogen-bond donors (Lipinski definition) is 0. The lowest BCUT2D eigenvalue weighted by molar-refractivity contribution is -0.154. The van der Waals surface area contributed by atoms with Crippen molar-refractivity contribution in [1.82, 2.24) is 0 Å². The summed E-state index contributed by atoms with van der Waals surface area (Å²) in [6, 6.07) is 13.8. The van der Waals surface area contributed by atoms with Crippen molar-refractivity contribution in [3.8, 4) is 97.4 Å². The molecule has 3 aliphatic rings. The summed E-state index contributed by atoms with van der Waals surface area (Å²) in [4.78, 5) is 200. The summed E-state index contributed by atoms with van der Waals surface area (Å²) in [5.41, 5.74) is -2.52. The number of hydrogen-bond acceptors (Lipinski definition) is 33. The van der Waals surface area contributed by atoms with Gasteiger partial charge in [-0.25, -0.2) is 0 Å². The maximum atomic E-state index is 14.4. The normalized spacial score (nSPS) is 17.1. The van der Waals surface area contributed by atoms with Crippen LogP contribution in [0.2, 0.25) is 0 Å². The summed E-state index contributed by atoms with van der Waals surface area (Å²) in [6.07, 6.45) is -11.6. The van der Waals surface area contributed by atoms with Gasteiger partial charge in [0.05, 0.1) is 11.5 Å². The van der Waals surface area contributed by atoms with Crippen LogP contribution >= 0.6 is 0 Å². The monoisotopic (exact) mass is 1500 g/mol. The Morgan fingerprint density at radius 1 is 0.296 bits per heavy atom. The van der Waals surface area contributed by atoms with E-state index in [-0.39, 0.29) is 62.3 Å². The maximum Gasteiger partial charge on any atom is 0.308 e. The highest BCUT2D eigenvalue weighted by Gasteiger charge is 2.52. The van der Waals surface area contributed by atoms with Crippen LogP contribution in [0.3, 0.4) is 0 Å². The van der Waals surface area contributed by atoms with Gasteiger partial charge in [-0.05, 0) is 36.4 Å². The minimum atomic E-state index is -2.07. The summed E-state index contributed by atoms with van der Waals surface area (Å²) < 4.78 is 108. The van der Waals surface area contributed by atoms with E-state index in [4.69, 9.17) is 85.3 Å². The second kappa shape index (κ2) is 32.8. The molecule has 33 heteroatoms. The van der Waals surface area contributed by atoms with E-state index in [9.17, 15) is 71.9 Å². The van der Waals surface area contributed by atoms with Crippen molar-refractivity contribution in [3.05, 3.63) is 112 Å². The third-order valence-corrected chi connectivity index (χ3v) is 15.5. The Morgan fingerprint density at radius 2 is 0.657 bits per heavy atom. The van der Waals surface area contributed by atoms with Crippen molar-refractivity contribution in [2.24, 2.45) is 0 Å². The van der Waals surface area contributed by atoms with Crippen LogP contribution in [0.1, 0.15) is 167 Å². The highest BCUT2D eigenvalue weighted by molar-refractivity contribution is 5.91. The fourth-order valence-electron chi connectivity index (χ4n) is 12.4. The summed E-state index contributed by atoms with van der Waals surface area (Å²) in [7, 11) is 0. The zero-order valence-corrected chi connectivity index (χ0v) is 60.4. The minimum Gasteiger partial charge on any atom is -0.481 e. The van der Waals surface area contributed by atoms with Crippen LogP contribution in [0.5, 0.6) is 86.2 Å². The van der Waals surface area contributed by atoms with E-state index < -0.39 is 219 Å². The van der Waals surface area contributed by atoms with Crippen LogP contribution in [0.4, 0.5) is 0 Å². The van der Waals surface area contributed by atoms with Gasteiger partial charge in [-0.3, -0.25) is 71.9 Å². The van der Waals surface area contributed by atoms with E-state index in [1.165, 1.54) is 36.4 Å².